The van der Waals surface area contributed by atoms with Gasteiger partial charge in [-0.15, -0.1) is 0 Å². The van der Waals surface area contributed by atoms with Crippen molar-refractivity contribution in [1.29, 1.82) is 0 Å². The number of fused-ring (bicyclic) bond motifs is 3. The predicted molar refractivity (Wildman–Crippen MR) is 110 cm³/mol. The molecule has 0 radical (unpaired) electrons. The van der Waals surface area contributed by atoms with E-state index in [2.05, 4.69) is 52.0 Å². The largest absolute Gasteiger partial charge is 0.469 e. The van der Waals surface area contributed by atoms with Gasteiger partial charge in [0.2, 0.25) is 0 Å². The molecule has 0 heterocycles. The fraction of sp³-hybridized carbons (Fsp3) is 0.583. The molecule has 3 atom stereocenters. The van der Waals surface area contributed by atoms with Crippen molar-refractivity contribution < 1.29 is 19.1 Å². The summed E-state index contributed by atoms with van der Waals surface area (Å²) in [5, 5.41) is 0. The van der Waals surface area contributed by atoms with Crippen LogP contribution in [0.1, 0.15) is 82.9 Å². The van der Waals surface area contributed by atoms with Crippen LogP contribution in [0, 0.1) is 11.3 Å². The maximum atomic E-state index is 12.2. The van der Waals surface area contributed by atoms with Crippen LogP contribution in [0.2, 0.25) is 0 Å². The maximum absolute atomic E-state index is 12.2. The zero-order chi connectivity index (χ0) is 20.7. The highest BCUT2D eigenvalue weighted by atomic mass is 16.5. The second-order valence-electron chi connectivity index (χ2n) is 9.24. The van der Waals surface area contributed by atoms with Crippen LogP contribution in [0.5, 0.6) is 0 Å². The molecule has 1 saturated carbocycles. The molecule has 1 aromatic carbocycles. The van der Waals surface area contributed by atoms with Gasteiger partial charge in [-0.05, 0) is 53.4 Å². The molecule has 0 saturated heterocycles. The normalized spacial score (nSPS) is 28.8. The number of hydrogen-bond donors (Lipinski definition) is 0. The molecule has 0 spiro atoms. The molecule has 28 heavy (non-hydrogen) atoms. The number of esters is 2. The van der Waals surface area contributed by atoms with E-state index in [1.54, 1.807) is 0 Å². The summed E-state index contributed by atoms with van der Waals surface area (Å²) >= 11 is 0. The zero-order valence-corrected chi connectivity index (χ0v) is 17.9. The molecule has 0 bridgehead atoms. The Balaban J connectivity index is 2.17. The van der Waals surface area contributed by atoms with Gasteiger partial charge < -0.3 is 9.47 Å². The fourth-order valence-corrected chi connectivity index (χ4v) is 5.33. The first-order valence-corrected chi connectivity index (χ1v) is 10.2. The summed E-state index contributed by atoms with van der Waals surface area (Å²) in [5.41, 5.74) is 3.13. The van der Waals surface area contributed by atoms with E-state index in [-0.39, 0.29) is 28.7 Å². The molecule has 1 fully saturated rings. The summed E-state index contributed by atoms with van der Waals surface area (Å²) < 4.78 is 10.7. The van der Waals surface area contributed by atoms with Gasteiger partial charge in [0.15, 0.2) is 0 Å². The number of carbonyl (C=O) groups is 2. The van der Waals surface area contributed by atoms with Crippen LogP contribution in [0.3, 0.4) is 0 Å². The Labute approximate surface area is 168 Å². The first-order valence-electron chi connectivity index (χ1n) is 10.2. The zero-order valence-electron chi connectivity index (χ0n) is 17.9. The number of ether oxygens (including phenoxy) is 2. The first kappa shape index (κ1) is 20.6. The Morgan fingerprint density at radius 3 is 2.54 bits per heavy atom. The van der Waals surface area contributed by atoms with Gasteiger partial charge in [0.05, 0.1) is 13.5 Å². The van der Waals surface area contributed by atoms with Crippen LogP contribution in [-0.4, -0.2) is 19.0 Å². The Hall–Kier alpha value is -2.10. The van der Waals surface area contributed by atoms with Crippen LogP contribution >= 0.6 is 0 Å². The molecular weight excluding hydrogens is 352 g/mol. The van der Waals surface area contributed by atoms with Crippen LogP contribution in [0.15, 0.2) is 24.3 Å². The van der Waals surface area contributed by atoms with E-state index < -0.39 is 0 Å². The van der Waals surface area contributed by atoms with Gasteiger partial charge in [-0.1, -0.05) is 46.2 Å². The van der Waals surface area contributed by atoms with E-state index in [4.69, 9.17) is 9.47 Å². The van der Waals surface area contributed by atoms with Crippen LogP contribution in [0.4, 0.5) is 0 Å². The number of hydrogen-bond acceptors (Lipinski definition) is 4. The minimum absolute atomic E-state index is 0.0969. The molecular formula is C24H32O4. The third kappa shape index (κ3) is 3.49. The van der Waals surface area contributed by atoms with Gasteiger partial charge in [-0.3, -0.25) is 9.59 Å². The number of carbonyl (C=O) groups excluding carboxylic acids is 2. The first-order chi connectivity index (χ1) is 13.1. The van der Waals surface area contributed by atoms with E-state index in [1.807, 2.05) is 0 Å². The summed E-state index contributed by atoms with van der Waals surface area (Å²) in [6.07, 6.45) is 5.53. The minimum Gasteiger partial charge on any atom is -0.469 e. The van der Waals surface area contributed by atoms with Gasteiger partial charge in [-0.2, -0.15) is 0 Å². The number of rotatable bonds is 4. The second-order valence-corrected chi connectivity index (χ2v) is 9.24. The molecule has 0 aliphatic heterocycles. The van der Waals surface area contributed by atoms with Crippen molar-refractivity contribution in [2.24, 2.45) is 11.3 Å². The quantitative estimate of drug-likeness (QED) is 0.656. The predicted octanol–water partition coefficient (Wildman–Crippen LogP) is 5.35. The average molecular weight is 385 g/mol. The fourth-order valence-electron chi connectivity index (χ4n) is 5.33. The van der Waals surface area contributed by atoms with E-state index in [9.17, 15) is 9.59 Å². The SMILES string of the molecule is COC(=O)C[C@]1(C)CCC[C@]2(C)c3ccc(C(C)C)cc3C(OC(C)=O)=C[C@@H]12. The lowest BCUT2D eigenvalue weighted by molar-refractivity contribution is -0.145. The van der Waals surface area contributed by atoms with Crippen molar-refractivity contribution in [1.82, 2.24) is 0 Å². The summed E-state index contributed by atoms with van der Waals surface area (Å²) in [4.78, 5) is 24.0. The maximum Gasteiger partial charge on any atom is 0.308 e. The monoisotopic (exact) mass is 384 g/mol. The van der Waals surface area contributed by atoms with Crippen molar-refractivity contribution in [3.05, 3.63) is 41.0 Å². The van der Waals surface area contributed by atoms with Crippen LogP contribution < -0.4 is 0 Å². The van der Waals surface area contributed by atoms with E-state index in [1.165, 1.54) is 25.2 Å². The number of methoxy groups -OCH3 is 1. The van der Waals surface area contributed by atoms with Crippen LogP contribution in [-0.2, 0) is 24.5 Å². The number of allylic oxidation sites excluding steroid dienone is 1. The molecule has 0 aromatic heterocycles. The average Bonchev–Trinajstić information content (AvgIpc) is 2.62. The van der Waals surface area contributed by atoms with E-state index >= 15 is 0 Å². The lowest BCUT2D eigenvalue weighted by Gasteiger charge is -2.53. The lowest BCUT2D eigenvalue weighted by atomic mass is 9.50. The molecule has 0 amide bonds. The third-order valence-corrected chi connectivity index (χ3v) is 6.82. The summed E-state index contributed by atoms with van der Waals surface area (Å²) in [5.74, 6) is 0.617. The third-order valence-electron chi connectivity index (χ3n) is 6.82. The Morgan fingerprint density at radius 1 is 1.21 bits per heavy atom. The Bertz CT molecular complexity index is 822. The topological polar surface area (TPSA) is 52.6 Å². The van der Waals surface area contributed by atoms with Gasteiger partial charge in [0.25, 0.3) is 0 Å². The summed E-state index contributed by atoms with van der Waals surface area (Å²) in [6, 6.07) is 6.56. The van der Waals surface area contributed by atoms with E-state index in [0.717, 1.165) is 24.8 Å². The minimum atomic E-state index is -0.318. The molecule has 1 aromatic rings. The number of benzene rings is 1. The second kappa shape index (κ2) is 7.38. The summed E-state index contributed by atoms with van der Waals surface area (Å²) in [6.45, 7) is 10.2. The lowest BCUT2D eigenvalue weighted by Crippen LogP contribution is -2.48. The molecule has 2 aliphatic rings. The Kier molecular flexibility index (Phi) is 5.44. The molecule has 4 nitrogen and oxygen atoms in total. The van der Waals surface area contributed by atoms with Crippen molar-refractivity contribution >= 4 is 17.7 Å². The van der Waals surface area contributed by atoms with Crippen molar-refractivity contribution in [3.63, 3.8) is 0 Å². The van der Waals surface area contributed by atoms with Gasteiger partial charge in [-0.25, -0.2) is 0 Å². The Morgan fingerprint density at radius 2 is 1.93 bits per heavy atom. The smallest absolute Gasteiger partial charge is 0.308 e. The van der Waals surface area contributed by atoms with Crippen molar-refractivity contribution in [2.75, 3.05) is 7.11 Å². The van der Waals surface area contributed by atoms with Gasteiger partial charge in [0.1, 0.15) is 5.76 Å². The highest BCUT2D eigenvalue weighted by Crippen LogP contribution is 2.58. The standard InChI is InChI=1S/C24H32O4/c1-15(2)17-8-9-19-18(12-17)20(28-16(3)25)13-21-23(4,14-22(26)27-6)10-7-11-24(19,21)5/h8-9,12-13,15,21H,7,10-11,14H2,1-6H3/t21-,23-,24+/m0/s1. The van der Waals surface area contributed by atoms with Gasteiger partial charge >= 0.3 is 11.9 Å². The van der Waals surface area contributed by atoms with E-state index in [0.29, 0.717) is 18.1 Å². The van der Waals surface area contributed by atoms with Crippen molar-refractivity contribution in [2.45, 2.75) is 71.6 Å². The van der Waals surface area contributed by atoms with Gasteiger partial charge in [0, 0.05) is 17.9 Å². The van der Waals surface area contributed by atoms with Crippen LogP contribution in [0.25, 0.3) is 5.76 Å². The summed E-state index contributed by atoms with van der Waals surface area (Å²) in [7, 11) is 1.44. The molecule has 3 rings (SSSR count). The highest BCUT2D eigenvalue weighted by Gasteiger charge is 2.52. The molecule has 152 valence electrons. The molecule has 0 unspecified atom stereocenters. The molecule has 0 N–H and O–H groups in total. The molecule has 2 aliphatic carbocycles. The highest BCUT2D eigenvalue weighted by molar-refractivity contribution is 5.79. The molecule has 4 heteroatoms. The van der Waals surface area contributed by atoms with Crippen molar-refractivity contribution in [3.8, 4) is 0 Å².